The molecule has 4 heteroatoms. The van der Waals surface area contributed by atoms with Crippen LogP contribution >= 0.6 is 0 Å². The van der Waals surface area contributed by atoms with Crippen LogP contribution in [-0.4, -0.2) is 45.7 Å². The largest absolute Gasteiger partial charge is 0.374 e. The SMILES string of the molecule is CNC(C)c1cc(F)ccc1N(C)CC1CCN(C)C1. The van der Waals surface area contributed by atoms with Crippen molar-refractivity contribution in [1.82, 2.24) is 10.2 Å². The summed E-state index contributed by atoms with van der Waals surface area (Å²) in [7, 11) is 6.19. The lowest BCUT2D eigenvalue weighted by Gasteiger charge is -2.27. The third kappa shape index (κ3) is 3.49. The molecule has 2 atom stereocenters. The molecule has 2 unspecified atom stereocenters. The first kappa shape index (κ1) is 15.3. The van der Waals surface area contributed by atoms with Gasteiger partial charge in [-0.25, -0.2) is 4.39 Å². The van der Waals surface area contributed by atoms with Gasteiger partial charge in [0.05, 0.1) is 0 Å². The molecule has 1 saturated heterocycles. The molecular formula is C16H26FN3. The normalized spacial score (nSPS) is 21.1. The number of benzene rings is 1. The molecule has 0 bridgehead atoms. The average Bonchev–Trinajstić information content (AvgIpc) is 2.82. The quantitative estimate of drug-likeness (QED) is 0.893. The summed E-state index contributed by atoms with van der Waals surface area (Å²) in [5, 5.41) is 3.20. The van der Waals surface area contributed by atoms with Crippen LogP contribution in [-0.2, 0) is 0 Å². The van der Waals surface area contributed by atoms with Gasteiger partial charge in [0.15, 0.2) is 0 Å². The molecule has 1 heterocycles. The van der Waals surface area contributed by atoms with Crippen LogP contribution < -0.4 is 10.2 Å². The number of nitrogens with zero attached hydrogens (tertiary/aromatic N) is 2. The highest BCUT2D eigenvalue weighted by Crippen LogP contribution is 2.28. The molecule has 0 spiro atoms. The summed E-state index contributed by atoms with van der Waals surface area (Å²) < 4.78 is 13.5. The summed E-state index contributed by atoms with van der Waals surface area (Å²) in [6.45, 7) is 5.43. The van der Waals surface area contributed by atoms with Gasteiger partial charge in [0.2, 0.25) is 0 Å². The van der Waals surface area contributed by atoms with E-state index in [1.165, 1.54) is 13.0 Å². The van der Waals surface area contributed by atoms with Gasteiger partial charge in [0.25, 0.3) is 0 Å². The minimum absolute atomic E-state index is 0.148. The summed E-state index contributed by atoms with van der Waals surface area (Å²) in [4.78, 5) is 4.65. The van der Waals surface area contributed by atoms with Gasteiger partial charge in [-0.15, -0.1) is 0 Å². The van der Waals surface area contributed by atoms with E-state index in [9.17, 15) is 4.39 Å². The number of anilines is 1. The molecule has 1 aliphatic heterocycles. The molecule has 2 rings (SSSR count). The van der Waals surface area contributed by atoms with Crippen molar-refractivity contribution in [2.45, 2.75) is 19.4 Å². The maximum absolute atomic E-state index is 13.5. The first-order valence-electron chi connectivity index (χ1n) is 7.37. The highest BCUT2D eigenvalue weighted by Gasteiger charge is 2.22. The van der Waals surface area contributed by atoms with E-state index in [1.807, 2.05) is 13.1 Å². The van der Waals surface area contributed by atoms with E-state index in [0.717, 1.165) is 24.3 Å². The Hall–Kier alpha value is -1.13. The third-order valence-electron chi connectivity index (χ3n) is 4.32. The summed E-state index contributed by atoms with van der Waals surface area (Å²) in [5.41, 5.74) is 2.16. The Balaban J connectivity index is 2.14. The second kappa shape index (κ2) is 6.55. The Morgan fingerprint density at radius 3 is 2.85 bits per heavy atom. The molecular weight excluding hydrogens is 253 g/mol. The molecule has 1 aromatic rings. The van der Waals surface area contributed by atoms with Crippen molar-refractivity contribution in [3.05, 3.63) is 29.6 Å². The van der Waals surface area contributed by atoms with E-state index < -0.39 is 0 Å². The lowest BCUT2D eigenvalue weighted by atomic mass is 10.0. The number of likely N-dealkylation sites (tertiary alicyclic amines) is 1. The highest BCUT2D eigenvalue weighted by atomic mass is 19.1. The maximum Gasteiger partial charge on any atom is 0.123 e. The molecule has 0 radical (unpaired) electrons. The smallest absolute Gasteiger partial charge is 0.123 e. The lowest BCUT2D eigenvalue weighted by molar-refractivity contribution is 0.395. The zero-order valence-electron chi connectivity index (χ0n) is 13.0. The predicted octanol–water partition coefficient (Wildman–Crippen LogP) is 2.49. The van der Waals surface area contributed by atoms with Crippen molar-refractivity contribution in [3.63, 3.8) is 0 Å². The van der Waals surface area contributed by atoms with Crippen molar-refractivity contribution in [3.8, 4) is 0 Å². The van der Waals surface area contributed by atoms with Crippen molar-refractivity contribution in [1.29, 1.82) is 0 Å². The molecule has 3 nitrogen and oxygen atoms in total. The van der Waals surface area contributed by atoms with E-state index >= 15 is 0 Å². The monoisotopic (exact) mass is 279 g/mol. The van der Waals surface area contributed by atoms with Crippen LogP contribution in [0.3, 0.4) is 0 Å². The minimum atomic E-state index is -0.167. The van der Waals surface area contributed by atoms with E-state index in [-0.39, 0.29) is 11.9 Å². The summed E-state index contributed by atoms with van der Waals surface area (Å²) >= 11 is 0. The Morgan fingerprint density at radius 2 is 2.25 bits per heavy atom. The topological polar surface area (TPSA) is 18.5 Å². The number of hydrogen-bond donors (Lipinski definition) is 1. The summed E-state index contributed by atoms with van der Waals surface area (Å²) in [6.07, 6.45) is 1.25. The Morgan fingerprint density at radius 1 is 1.50 bits per heavy atom. The van der Waals surface area contributed by atoms with Crippen LogP contribution in [0.2, 0.25) is 0 Å². The van der Waals surface area contributed by atoms with Gasteiger partial charge in [0, 0.05) is 31.9 Å². The van der Waals surface area contributed by atoms with Crippen LogP contribution in [0, 0.1) is 11.7 Å². The second-order valence-corrected chi connectivity index (χ2v) is 6.01. The van der Waals surface area contributed by atoms with E-state index in [2.05, 4.69) is 36.1 Å². The molecule has 20 heavy (non-hydrogen) atoms. The first-order chi connectivity index (χ1) is 9.51. The fourth-order valence-electron chi connectivity index (χ4n) is 3.04. The Labute approximate surface area is 121 Å². The first-order valence-corrected chi connectivity index (χ1v) is 7.37. The van der Waals surface area contributed by atoms with Crippen molar-refractivity contribution in [2.75, 3.05) is 45.7 Å². The summed E-state index contributed by atoms with van der Waals surface area (Å²) in [5.74, 6) is 0.535. The van der Waals surface area contributed by atoms with E-state index in [0.29, 0.717) is 5.92 Å². The van der Waals surface area contributed by atoms with Crippen molar-refractivity contribution >= 4 is 5.69 Å². The van der Waals surface area contributed by atoms with Gasteiger partial charge in [-0.05, 0) is 63.7 Å². The van der Waals surface area contributed by atoms with Crippen molar-refractivity contribution < 1.29 is 4.39 Å². The maximum atomic E-state index is 13.5. The predicted molar refractivity (Wildman–Crippen MR) is 82.7 cm³/mol. The molecule has 1 fully saturated rings. The third-order valence-corrected chi connectivity index (χ3v) is 4.32. The minimum Gasteiger partial charge on any atom is -0.374 e. The highest BCUT2D eigenvalue weighted by molar-refractivity contribution is 5.54. The van der Waals surface area contributed by atoms with E-state index in [4.69, 9.17) is 0 Å². The standard InChI is InChI=1S/C16H26FN3/c1-12(18-2)15-9-14(17)5-6-16(15)20(4)11-13-7-8-19(3)10-13/h5-6,9,12-13,18H,7-8,10-11H2,1-4H3. The van der Waals surface area contributed by atoms with Gasteiger partial charge in [-0.1, -0.05) is 0 Å². The van der Waals surface area contributed by atoms with Crippen LogP contribution in [0.15, 0.2) is 18.2 Å². The van der Waals surface area contributed by atoms with Gasteiger partial charge in [-0.3, -0.25) is 0 Å². The average molecular weight is 279 g/mol. The number of halogens is 1. The molecule has 0 aromatic heterocycles. The molecule has 112 valence electrons. The molecule has 1 aromatic carbocycles. The van der Waals surface area contributed by atoms with Gasteiger partial charge < -0.3 is 15.1 Å². The van der Waals surface area contributed by atoms with Gasteiger partial charge in [0.1, 0.15) is 5.82 Å². The van der Waals surface area contributed by atoms with Crippen molar-refractivity contribution in [2.24, 2.45) is 5.92 Å². The number of hydrogen-bond acceptors (Lipinski definition) is 3. The fraction of sp³-hybridized carbons (Fsp3) is 0.625. The summed E-state index contributed by atoms with van der Waals surface area (Å²) in [6, 6.07) is 5.25. The zero-order valence-corrected chi connectivity index (χ0v) is 13.0. The molecule has 0 amide bonds. The number of nitrogens with one attached hydrogen (secondary N) is 1. The van der Waals surface area contributed by atoms with E-state index in [1.54, 1.807) is 12.1 Å². The zero-order chi connectivity index (χ0) is 14.7. The molecule has 0 aliphatic carbocycles. The van der Waals surface area contributed by atoms with Gasteiger partial charge in [-0.2, -0.15) is 0 Å². The Kier molecular flexibility index (Phi) is 5.00. The van der Waals surface area contributed by atoms with Crippen LogP contribution in [0.4, 0.5) is 10.1 Å². The van der Waals surface area contributed by atoms with Crippen LogP contribution in [0.5, 0.6) is 0 Å². The molecule has 1 N–H and O–H groups in total. The fourth-order valence-corrected chi connectivity index (χ4v) is 3.04. The second-order valence-electron chi connectivity index (χ2n) is 6.01. The van der Waals surface area contributed by atoms with Crippen LogP contribution in [0.1, 0.15) is 24.9 Å². The molecule has 1 aliphatic rings. The Bertz CT molecular complexity index is 449. The molecule has 0 saturated carbocycles. The van der Waals surface area contributed by atoms with Gasteiger partial charge >= 0.3 is 0 Å². The van der Waals surface area contributed by atoms with Crippen LogP contribution in [0.25, 0.3) is 0 Å². The lowest BCUT2D eigenvalue weighted by Crippen LogP contribution is -2.29. The number of rotatable bonds is 5.